The van der Waals surface area contributed by atoms with Gasteiger partial charge in [0.05, 0.1) is 11.9 Å². The molecule has 1 heterocycles. The van der Waals surface area contributed by atoms with Crippen molar-refractivity contribution in [3.8, 4) is 0 Å². The molecule has 1 aromatic heterocycles. The van der Waals surface area contributed by atoms with Gasteiger partial charge in [0.15, 0.2) is 0 Å². The lowest BCUT2D eigenvalue weighted by Gasteiger charge is -2.28. The van der Waals surface area contributed by atoms with E-state index in [1.807, 2.05) is 57.7 Å². The van der Waals surface area contributed by atoms with Crippen LogP contribution in [0.4, 0.5) is 21.5 Å². The highest BCUT2D eigenvalue weighted by Crippen LogP contribution is 2.33. The van der Waals surface area contributed by atoms with E-state index in [0.29, 0.717) is 30.0 Å². The van der Waals surface area contributed by atoms with Crippen LogP contribution in [0.25, 0.3) is 0 Å². The summed E-state index contributed by atoms with van der Waals surface area (Å²) in [6.45, 7) is 10.9. The molecule has 35 heavy (non-hydrogen) atoms. The number of hydrogen-bond donors (Lipinski definition) is 1. The van der Waals surface area contributed by atoms with Crippen LogP contribution in [0.3, 0.4) is 0 Å². The molecule has 0 fully saturated rings. The van der Waals surface area contributed by atoms with Crippen LogP contribution in [0, 0.1) is 12.7 Å². The molecule has 2 amide bonds. The number of rotatable bonds is 8. The fourth-order valence-electron chi connectivity index (χ4n) is 3.71. The summed E-state index contributed by atoms with van der Waals surface area (Å²) in [5.41, 5.74) is 4.81. The first-order chi connectivity index (χ1) is 16.8. The second-order valence-corrected chi connectivity index (χ2v) is 8.11. The van der Waals surface area contributed by atoms with Crippen LogP contribution in [-0.2, 0) is 0 Å². The van der Waals surface area contributed by atoms with Gasteiger partial charge in [0, 0.05) is 35.7 Å². The number of aryl methyl sites for hydroxylation is 1. The molecular formula is C28H31FN4O2. The summed E-state index contributed by atoms with van der Waals surface area (Å²) in [5.74, 6) is -0.751. The van der Waals surface area contributed by atoms with Gasteiger partial charge in [0.2, 0.25) is 0 Å². The zero-order valence-electron chi connectivity index (χ0n) is 20.8. The van der Waals surface area contributed by atoms with E-state index in [1.54, 1.807) is 35.2 Å². The van der Waals surface area contributed by atoms with Crippen molar-refractivity contribution in [3.63, 3.8) is 0 Å². The third kappa shape index (κ3) is 5.93. The number of hydrogen-bond acceptors (Lipinski definition) is 4. The molecule has 1 N–H and O–H groups in total. The minimum absolute atomic E-state index is 0.142. The number of nitrogens with one attached hydrogen (secondary N) is 1. The van der Waals surface area contributed by atoms with Gasteiger partial charge in [-0.15, -0.1) is 0 Å². The third-order valence-corrected chi connectivity index (χ3v) is 5.86. The summed E-state index contributed by atoms with van der Waals surface area (Å²) in [6.07, 6.45) is 3.45. The minimum atomic E-state index is -0.310. The first-order valence-corrected chi connectivity index (χ1v) is 11.6. The highest BCUT2D eigenvalue weighted by atomic mass is 19.1. The molecule has 0 aliphatic rings. The monoisotopic (exact) mass is 474 g/mol. The molecule has 3 rings (SSSR count). The summed E-state index contributed by atoms with van der Waals surface area (Å²) < 4.78 is 13.5. The topological polar surface area (TPSA) is 65.5 Å². The van der Waals surface area contributed by atoms with Crippen LogP contribution in [0.5, 0.6) is 0 Å². The number of nitrogens with zero attached hydrogens (tertiary/aromatic N) is 3. The number of amides is 2. The average Bonchev–Trinajstić information content (AvgIpc) is 2.87. The lowest BCUT2D eigenvalue weighted by Crippen LogP contribution is -2.31. The molecule has 0 saturated carbocycles. The average molecular weight is 475 g/mol. The molecule has 0 aliphatic heterocycles. The smallest absolute Gasteiger partial charge is 0.272 e. The maximum Gasteiger partial charge on any atom is 0.272 e. The maximum atomic E-state index is 13.5. The highest BCUT2D eigenvalue weighted by molar-refractivity contribution is 6.05. The Morgan fingerprint density at radius 3 is 2.29 bits per heavy atom. The normalized spacial score (nSPS) is 11.2. The van der Waals surface area contributed by atoms with Crippen LogP contribution in [0.1, 0.15) is 54.1 Å². The van der Waals surface area contributed by atoms with Gasteiger partial charge >= 0.3 is 0 Å². The summed E-state index contributed by atoms with van der Waals surface area (Å²) in [7, 11) is 0. The Balaban J connectivity index is 1.86. The Kier molecular flexibility index (Phi) is 8.36. The fourth-order valence-corrected chi connectivity index (χ4v) is 3.71. The molecule has 3 aromatic rings. The van der Waals surface area contributed by atoms with Gasteiger partial charge in [-0.05, 0) is 88.7 Å². The molecule has 0 saturated heterocycles. The van der Waals surface area contributed by atoms with Gasteiger partial charge in [-0.3, -0.25) is 9.59 Å². The van der Waals surface area contributed by atoms with Gasteiger partial charge in [-0.2, -0.15) is 0 Å². The van der Waals surface area contributed by atoms with E-state index in [2.05, 4.69) is 10.3 Å². The van der Waals surface area contributed by atoms with Gasteiger partial charge < -0.3 is 15.1 Å². The van der Waals surface area contributed by atoms with Crippen molar-refractivity contribution in [1.29, 1.82) is 0 Å². The Bertz CT molecular complexity index is 1220. The van der Waals surface area contributed by atoms with Crippen LogP contribution < -0.4 is 10.2 Å². The Morgan fingerprint density at radius 1 is 1.03 bits per heavy atom. The predicted molar refractivity (Wildman–Crippen MR) is 139 cm³/mol. The van der Waals surface area contributed by atoms with Gasteiger partial charge in [-0.25, -0.2) is 9.37 Å². The molecule has 0 spiro atoms. The van der Waals surface area contributed by atoms with E-state index in [4.69, 9.17) is 0 Å². The summed E-state index contributed by atoms with van der Waals surface area (Å²) in [6, 6.07) is 15.0. The lowest BCUT2D eigenvalue weighted by atomic mass is 10.1. The number of pyridine rings is 1. The maximum absolute atomic E-state index is 13.5. The SMILES string of the molecule is C/C=C(/C)N(c1ccc(F)cc1)c1cc(C(=O)Nc2ccc(C(=O)N(CC)CC)nc2)ccc1C. The van der Waals surface area contributed by atoms with Crippen molar-refractivity contribution in [1.82, 2.24) is 9.88 Å². The number of carbonyl (C=O) groups is 2. The quantitative estimate of drug-likeness (QED) is 0.415. The van der Waals surface area contributed by atoms with Crippen LogP contribution in [0.2, 0.25) is 0 Å². The molecule has 182 valence electrons. The Morgan fingerprint density at radius 2 is 1.71 bits per heavy atom. The number of anilines is 3. The molecule has 7 heteroatoms. The molecule has 0 unspecified atom stereocenters. The van der Waals surface area contributed by atoms with Gasteiger partial charge in [-0.1, -0.05) is 12.1 Å². The molecule has 0 atom stereocenters. The molecule has 6 nitrogen and oxygen atoms in total. The molecular weight excluding hydrogens is 443 g/mol. The first kappa shape index (κ1) is 25.6. The number of aromatic nitrogens is 1. The van der Waals surface area contributed by atoms with E-state index in [1.165, 1.54) is 18.3 Å². The lowest BCUT2D eigenvalue weighted by molar-refractivity contribution is 0.0767. The summed E-state index contributed by atoms with van der Waals surface area (Å²) in [5, 5.41) is 2.85. The summed E-state index contributed by atoms with van der Waals surface area (Å²) in [4.78, 5) is 33.4. The van der Waals surface area contributed by atoms with E-state index in [-0.39, 0.29) is 17.6 Å². The predicted octanol–water partition coefficient (Wildman–Crippen LogP) is 6.33. The Labute approximate surface area is 206 Å². The molecule has 0 bridgehead atoms. The number of benzene rings is 2. The highest BCUT2D eigenvalue weighted by Gasteiger charge is 2.18. The second-order valence-electron chi connectivity index (χ2n) is 8.11. The number of allylic oxidation sites excluding steroid dienone is 2. The van der Waals surface area contributed by atoms with Crippen molar-refractivity contribution in [2.45, 2.75) is 34.6 Å². The van der Waals surface area contributed by atoms with Crippen LogP contribution in [-0.4, -0.2) is 34.8 Å². The first-order valence-electron chi connectivity index (χ1n) is 11.6. The molecule has 0 aliphatic carbocycles. The fraction of sp³-hybridized carbons (Fsp3) is 0.250. The number of carbonyl (C=O) groups excluding carboxylic acids is 2. The zero-order valence-corrected chi connectivity index (χ0v) is 20.8. The van der Waals surface area contributed by atoms with Crippen molar-refractivity contribution in [3.05, 3.63) is 95.2 Å². The van der Waals surface area contributed by atoms with Gasteiger partial charge in [0.25, 0.3) is 11.8 Å². The van der Waals surface area contributed by atoms with Crippen LogP contribution in [0.15, 0.2) is 72.6 Å². The van der Waals surface area contributed by atoms with Crippen molar-refractivity contribution >= 4 is 28.9 Å². The minimum Gasteiger partial charge on any atom is -0.338 e. The second kappa shape index (κ2) is 11.4. The van der Waals surface area contributed by atoms with E-state index < -0.39 is 0 Å². The number of halogens is 1. The van der Waals surface area contributed by atoms with Crippen LogP contribution >= 0.6 is 0 Å². The Hall–Kier alpha value is -4.00. The van der Waals surface area contributed by atoms with E-state index in [0.717, 1.165) is 22.6 Å². The van der Waals surface area contributed by atoms with Crippen molar-refractivity contribution in [2.75, 3.05) is 23.3 Å². The molecule has 0 radical (unpaired) electrons. The van der Waals surface area contributed by atoms with Crippen molar-refractivity contribution < 1.29 is 14.0 Å². The van der Waals surface area contributed by atoms with Crippen molar-refractivity contribution in [2.24, 2.45) is 0 Å². The zero-order chi connectivity index (χ0) is 25.5. The van der Waals surface area contributed by atoms with Gasteiger partial charge in [0.1, 0.15) is 11.5 Å². The van der Waals surface area contributed by atoms with E-state index >= 15 is 0 Å². The third-order valence-electron chi connectivity index (χ3n) is 5.86. The largest absolute Gasteiger partial charge is 0.338 e. The standard InChI is InChI=1S/C28H31FN4O2/c1-6-20(5)33(24-14-11-22(29)12-15-24)26-17-21(10-9-19(26)4)27(34)31-23-13-16-25(30-18-23)28(35)32(7-2)8-3/h6,9-18H,7-8H2,1-5H3,(H,31,34)/b20-6-. The summed E-state index contributed by atoms with van der Waals surface area (Å²) >= 11 is 0. The molecule has 2 aromatic carbocycles. The van der Waals surface area contributed by atoms with E-state index in [9.17, 15) is 14.0 Å².